The molecule has 0 aliphatic rings. The maximum Gasteiger partial charge on any atom is 0.264 e. The van der Waals surface area contributed by atoms with Gasteiger partial charge in [0.15, 0.2) is 0 Å². The number of unbranched alkanes of at least 4 members (excludes halogenated alkanes) is 1. The van der Waals surface area contributed by atoms with Gasteiger partial charge in [0.05, 0.1) is 10.6 Å². The van der Waals surface area contributed by atoms with Crippen LogP contribution in [0.3, 0.4) is 0 Å². The molecular formula is C35H37BrClN3O4S. The third-order valence-electron chi connectivity index (χ3n) is 7.34. The molecule has 4 aromatic carbocycles. The zero-order valence-electron chi connectivity index (χ0n) is 25.3. The minimum absolute atomic E-state index is 0.00110. The summed E-state index contributed by atoms with van der Waals surface area (Å²) in [6, 6.07) is 28.9. The Morgan fingerprint density at radius 1 is 0.889 bits per heavy atom. The molecule has 10 heteroatoms. The van der Waals surface area contributed by atoms with Crippen molar-refractivity contribution in [1.29, 1.82) is 0 Å². The second-order valence-electron chi connectivity index (χ2n) is 10.8. The summed E-state index contributed by atoms with van der Waals surface area (Å²) in [6.07, 6.45) is 1.96. The second-order valence-corrected chi connectivity index (χ2v) is 14.0. The first-order chi connectivity index (χ1) is 21.6. The topological polar surface area (TPSA) is 86.8 Å². The van der Waals surface area contributed by atoms with E-state index in [4.69, 9.17) is 11.6 Å². The summed E-state index contributed by atoms with van der Waals surface area (Å²) in [6.45, 7) is 3.96. The number of benzene rings is 4. The monoisotopic (exact) mass is 709 g/mol. The molecule has 0 saturated heterocycles. The van der Waals surface area contributed by atoms with E-state index in [1.165, 1.54) is 29.2 Å². The van der Waals surface area contributed by atoms with Crippen LogP contribution in [0, 0.1) is 6.92 Å². The van der Waals surface area contributed by atoms with Crippen molar-refractivity contribution >= 4 is 55.1 Å². The highest BCUT2D eigenvalue weighted by atomic mass is 79.9. The average Bonchev–Trinajstić information content (AvgIpc) is 3.03. The lowest BCUT2D eigenvalue weighted by atomic mass is 10.0. The van der Waals surface area contributed by atoms with Gasteiger partial charge < -0.3 is 10.2 Å². The molecule has 1 N–H and O–H groups in total. The highest BCUT2D eigenvalue weighted by molar-refractivity contribution is 9.10. The van der Waals surface area contributed by atoms with Crippen LogP contribution >= 0.6 is 27.5 Å². The SMILES string of the molecule is CCCCNC(=O)C(Cc1ccccc1)N(Cc1ccc(Br)cc1)C(=O)CN(c1cccc(C)c1)S(=O)(=O)c1ccc(Cl)cc1. The van der Waals surface area contributed by atoms with E-state index in [1.807, 2.05) is 74.5 Å². The minimum Gasteiger partial charge on any atom is -0.354 e. The molecule has 2 amide bonds. The van der Waals surface area contributed by atoms with Gasteiger partial charge >= 0.3 is 0 Å². The lowest BCUT2D eigenvalue weighted by molar-refractivity contribution is -0.140. The van der Waals surface area contributed by atoms with Gasteiger partial charge in [-0.1, -0.05) is 95.5 Å². The highest BCUT2D eigenvalue weighted by Gasteiger charge is 2.34. The number of nitrogens with one attached hydrogen (secondary N) is 1. The molecule has 4 aromatic rings. The van der Waals surface area contributed by atoms with Crippen molar-refractivity contribution in [2.24, 2.45) is 0 Å². The van der Waals surface area contributed by atoms with Gasteiger partial charge in [0.25, 0.3) is 10.0 Å². The maximum atomic E-state index is 14.5. The Morgan fingerprint density at radius 3 is 2.22 bits per heavy atom. The van der Waals surface area contributed by atoms with Crippen molar-refractivity contribution in [3.63, 3.8) is 0 Å². The Labute approximate surface area is 279 Å². The summed E-state index contributed by atoms with van der Waals surface area (Å²) in [5, 5.41) is 3.40. The molecule has 0 aliphatic heterocycles. The number of rotatable bonds is 14. The van der Waals surface area contributed by atoms with E-state index in [-0.39, 0.29) is 23.8 Å². The van der Waals surface area contributed by atoms with Crippen LogP contribution in [0.1, 0.15) is 36.5 Å². The molecule has 0 fully saturated rings. The van der Waals surface area contributed by atoms with Crippen LogP contribution in [0.5, 0.6) is 0 Å². The van der Waals surface area contributed by atoms with Crippen LogP contribution in [0.15, 0.2) is 112 Å². The standard InChI is InChI=1S/C35H37BrClN3O4S/c1-3-4-21-38-35(42)33(23-27-10-6-5-7-11-27)39(24-28-13-15-29(36)16-14-28)34(41)25-40(31-12-8-9-26(2)22-31)45(43,44)32-19-17-30(37)18-20-32/h5-20,22,33H,3-4,21,23-25H2,1-2H3,(H,38,42). The molecule has 0 aliphatic carbocycles. The van der Waals surface area contributed by atoms with Crippen molar-refractivity contribution in [3.05, 3.63) is 129 Å². The van der Waals surface area contributed by atoms with E-state index in [1.54, 1.807) is 18.2 Å². The Kier molecular flexibility index (Phi) is 12.2. The molecule has 45 heavy (non-hydrogen) atoms. The zero-order valence-corrected chi connectivity index (χ0v) is 28.5. The molecule has 0 heterocycles. The molecule has 236 valence electrons. The van der Waals surface area contributed by atoms with Gasteiger partial charge in [-0.05, 0) is 78.6 Å². The molecule has 1 unspecified atom stereocenters. The Morgan fingerprint density at radius 2 is 1.58 bits per heavy atom. The van der Waals surface area contributed by atoms with E-state index in [9.17, 15) is 18.0 Å². The van der Waals surface area contributed by atoms with Gasteiger partial charge in [-0.3, -0.25) is 13.9 Å². The summed E-state index contributed by atoms with van der Waals surface area (Å²) in [5.74, 6) is -0.802. The summed E-state index contributed by atoms with van der Waals surface area (Å²) < 4.78 is 30.2. The van der Waals surface area contributed by atoms with Gasteiger partial charge in [-0.15, -0.1) is 0 Å². The number of carbonyl (C=O) groups excluding carboxylic acids is 2. The van der Waals surface area contributed by atoms with E-state index < -0.39 is 28.5 Å². The van der Waals surface area contributed by atoms with Crippen LogP contribution in [0.4, 0.5) is 5.69 Å². The first kappa shape index (κ1) is 34.2. The van der Waals surface area contributed by atoms with E-state index >= 15 is 0 Å². The second kappa shape index (κ2) is 16.1. The predicted molar refractivity (Wildman–Crippen MR) is 184 cm³/mol. The summed E-state index contributed by atoms with van der Waals surface area (Å²) in [4.78, 5) is 29.8. The number of hydrogen-bond acceptors (Lipinski definition) is 4. The van der Waals surface area contributed by atoms with Crippen LogP contribution < -0.4 is 9.62 Å². The molecule has 0 aromatic heterocycles. The number of amides is 2. The lowest BCUT2D eigenvalue weighted by Gasteiger charge is -2.34. The summed E-state index contributed by atoms with van der Waals surface area (Å²) >= 11 is 9.52. The summed E-state index contributed by atoms with van der Waals surface area (Å²) in [5.41, 5.74) is 2.86. The van der Waals surface area contributed by atoms with Crippen molar-refractivity contribution in [2.45, 2.75) is 50.6 Å². The number of hydrogen-bond donors (Lipinski definition) is 1. The fourth-order valence-electron chi connectivity index (χ4n) is 4.89. The van der Waals surface area contributed by atoms with Gasteiger partial charge in [-0.2, -0.15) is 0 Å². The molecule has 1 atom stereocenters. The number of anilines is 1. The third kappa shape index (κ3) is 9.42. The smallest absolute Gasteiger partial charge is 0.264 e. The molecule has 0 radical (unpaired) electrons. The van der Waals surface area contributed by atoms with Gasteiger partial charge in [0.1, 0.15) is 12.6 Å². The normalized spacial score (nSPS) is 11.9. The van der Waals surface area contributed by atoms with Crippen LogP contribution in [0.2, 0.25) is 5.02 Å². The highest BCUT2D eigenvalue weighted by Crippen LogP contribution is 2.27. The predicted octanol–water partition coefficient (Wildman–Crippen LogP) is 7.16. The lowest BCUT2D eigenvalue weighted by Crippen LogP contribution is -2.53. The maximum absolute atomic E-state index is 14.5. The Hall–Kier alpha value is -3.66. The van der Waals surface area contributed by atoms with Crippen LogP contribution in [-0.4, -0.2) is 44.3 Å². The fraction of sp³-hybridized carbons (Fsp3) is 0.257. The van der Waals surface area contributed by atoms with Gasteiger partial charge in [0.2, 0.25) is 11.8 Å². The molecular weight excluding hydrogens is 674 g/mol. The van der Waals surface area contributed by atoms with Crippen molar-refractivity contribution in [1.82, 2.24) is 10.2 Å². The number of sulfonamides is 1. The number of halogens is 2. The van der Waals surface area contributed by atoms with Gasteiger partial charge in [0, 0.05) is 29.0 Å². The van der Waals surface area contributed by atoms with Crippen molar-refractivity contribution in [3.8, 4) is 0 Å². The third-order valence-corrected chi connectivity index (χ3v) is 9.91. The van der Waals surface area contributed by atoms with E-state index in [0.29, 0.717) is 17.3 Å². The first-order valence-corrected chi connectivity index (χ1v) is 17.4. The fourth-order valence-corrected chi connectivity index (χ4v) is 6.69. The largest absolute Gasteiger partial charge is 0.354 e. The zero-order chi connectivity index (χ0) is 32.4. The number of nitrogens with zero attached hydrogens (tertiary/aromatic N) is 2. The van der Waals surface area contributed by atoms with E-state index in [0.717, 1.165) is 38.3 Å². The molecule has 7 nitrogen and oxygen atoms in total. The number of carbonyl (C=O) groups is 2. The molecule has 0 bridgehead atoms. The van der Waals surface area contributed by atoms with Crippen LogP contribution in [-0.2, 0) is 32.6 Å². The minimum atomic E-state index is -4.20. The molecule has 0 saturated carbocycles. The Bertz CT molecular complexity index is 1680. The average molecular weight is 711 g/mol. The van der Waals surface area contributed by atoms with Gasteiger partial charge in [-0.25, -0.2) is 8.42 Å². The Balaban J connectivity index is 1.78. The number of aryl methyl sites for hydroxylation is 1. The molecule has 4 rings (SSSR count). The summed E-state index contributed by atoms with van der Waals surface area (Å²) in [7, 11) is -4.20. The van der Waals surface area contributed by atoms with Crippen molar-refractivity contribution in [2.75, 3.05) is 17.4 Å². The van der Waals surface area contributed by atoms with E-state index in [2.05, 4.69) is 21.2 Å². The molecule has 0 spiro atoms. The van der Waals surface area contributed by atoms with Crippen LogP contribution in [0.25, 0.3) is 0 Å². The van der Waals surface area contributed by atoms with Crippen molar-refractivity contribution < 1.29 is 18.0 Å². The first-order valence-electron chi connectivity index (χ1n) is 14.8. The quantitative estimate of drug-likeness (QED) is 0.141.